The number of hydrogen-bond acceptors (Lipinski definition) is 7. The third kappa shape index (κ3) is 6.16. The zero-order valence-corrected chi connectivity index (χ0v) is 18.8. The lowest BCUT2D eigenvalue weighted by molar-refractivity contribution is -0.138. The molecule has 31 heavy (non-hydrogen) atoms. The van der Waals surface area contributed by atoms with Crippen LogP contribution in [-0.2, 0) is 4.79 Å². The summed E-state index contributed by atoms with van der Waals surface area (Å²) in [7, 11) is 0. The number of nitrogens with zero attached hydrogens (tertiary/aromatic N) is 5. The van der Waals surface area contributed by atoms with Gasteiger partial charge in [0.15, 0.2) is 0 Å². The molecule has 1 fully saturated rings. The van der Waals surface area contributed by atoms with Gasteiger partial charge in [0.2, 0.25) is 0 Å². The monoisotopic (exact) mass is 489 g/mol. The molecule has 168 valence electrons. The Morgan fingerprint density at radius 1 is 1.13 bits per heavy atom. The van der Waals surface area contributed by atoms with Crippen LogP contribution in [-0.4, -0.2) is 63.3 Å². The van der Waals surface area contributed by atoms with E-state index in [0.29, 0.717) is 5.69 Å². The normalized spacial score (nSPS) is 14.1. The van der Waals surface area contributed by atoms with E-state index >= 15 is 0 Å². The van der Waals surface area contributed by atoms with E-state index in [-0.39, 0.29) is 53.8 Å². The zero-order valence-electron chi connectivity index (χ0n) is 16.4. The topological polar surface area (TPSA) is 120 Å². The van der Waals surface area contributed by atoms with Gasteiger partial charge in [-0.25, -0.2) is 15.0 Å². The zero-order chi connectivity index (χ0) is 21.7. The predicted octanol–water partition coefficient (Wildman–Crippen LogP) is 2.93. The molecule has 0 radical (unpaired) electrons. The number of carboxylic acids is 1. The SMILES string of the molecule is Cl.O=C(O)CC1CCN(c2ccc(N(CCO)C(=O)c3c(Cl)ncnc3Cl)cn2)CC1. The van der Waals surface area contributed by atoms with Crippen LogP contribution in [0.15, 0.2) is 24.7 Å². The molecule has 0 aromatic carbocycles. The van der Waals surface area contributed by atoms with Gasteiger partial charge in [0.25, 0.3) is 5.91 Å². The van der Waals surface area contributed by atoms with Gasteiger partial charge in [-0.2, -0.15) is 0 Å². The van der Waals surface area contributed by atoms with E-state index in [2.05, 4.69) is 19.9 Å². The Morgan fingerprint density at radius 2 is 1.77 bits per heavy atom. The number of carbonyl (C=O) groups is 2. The second kappa shape index (κ2) is 11.4. The van der Waals surface area contributed by atoms with Crippen molar-refractivity contribution in [1.82, 2.24) is 15.0 Å². The highest BCUT2D eigenvalue weighted by Gasteiger charge is 2.25. The van der Waals surface area contributed by atoms with Gasteiger partial charge < -0.3 is 20.0 Å². The van der Waals surface area contributed by atoms with Crippen molar-refractivity contribution in [2.45, 2.75) is 19.3 Å². The summed E-state index contributed by atoms with van der Waals surface area (Å²) in [6.45, 7) is 1.18. The van der Waals surface area contributed by atoms with E-state index in [9.17, 15) is 14.7 Å². The van der Waals surface area contributed by atoms with E-state index in [1.165, 1.54) is 11.1 Å². The average Bonchev–Trinajstić information content (AvgIpc) is 2.72. The highest BCUT2D eigenvalue weighted by atomic mass is 35.5. The number of aromatic nitrogens is 3. The van der Waals surface area contributed by atoms with Crippen LogP contribution in [0.2, 0.25) is 10.3 Å². The van der Waals surface area contributed by atoms with Crippen LogP contribution in [0, 0.1) is 5.92 Å². The van der Waals surface area contributed by atoms with Gasteiger partial charge in [-0.05, 0) is 30.9 Å². The molecule has 1 saturated heterocycles. The minimum atomic E-state index is -0.770. The van der Waals surface area contributed by atoms with Gasteiger partial charge >= 0.3 is 5.97 Å². The number of pyridine rings is 1. The van der Waals surface area contributed by atoms with E-state index in [0.717, 1.165) is 38.1 Å². The molecule has 2 aromatic heterocycles. The predicted molar refractivity (Wildman–Crippen MR) is 119 cm³/mol. The minimum Gasteiger partial charge on any atom is -0.481 e. The van der Waals surface area contributed by atoms with Crippen LogP contribution in [0.25, 0.3) is 0 Å². The maximum Gasteiger partial charge on any atom is 0.303 e. The fourth-order valence-corrected chi connectivity index (χ4v) is 3.92. The van der Waals surface area contributed by atoms with Gasteiger partial charge in [-0.15, -0.1) is 12.4 Å². The molecular formula is C19H22Cl3N5O4. The van der Waals surface area contributed by atoms with Gasteiger partial charge in [-0.1, -0.05) is 23.2 Å². The Balaban J connectivity index is 0.00000341. The summed E-state index contributed by atoms with van der Waals surface area (Å²) in [5, 5.41) is 18.2. The first-order chi connectivity index (χ1) is 14.4. The molecule has 0 aliphatic carbocycles. The van der Waals surface area contributed by atoms with Crippen molar-refractivity contribution in [1.29, 1.82) is 0 Å². The van der Waals surface area contributed by atoms with Crippen LogP contribution in [0.1, 0.15) is 29.6 Å². The van der Waals surface area contributed by atoms with E-state index in [1.807, 2.05) is 0 Å². The van der Waals surface area contributed by atoms with Gasteiger partial charge in [0.1, 0.15) is 28.0 Å². The fourth-order valence-electron chi connectivity index (χ4n) is 3.44. The van der Waals surface area contributed by atoms with Gasteiger partial charge in [0, 0.05) is 26.1 Å². The molecule has 0 spiro atoms. The molecule has 0 unspecified atom stereocenters. The molecule has 0 atom stereocenters. The Morgan fingerprint density at radius 3 is 2.29 bits per heavy atom. The van der Waals surface area contributed by atoms with Gasteiger partial charge in [-0.3, -0.25) is 9.59 Å². The summed E-state index contributed by atoms with van der Waals surface area (Å²) < 4.78 is 0. The molecule has 1 aliphatic heterocycles. The summed E-state index contributed by atoms with van der Waals surface area (Å²) in [5.41, 5.74) is 0.424. The quantitative estimate of drug-likeness (QED) is 0.569. The molecular weight excluding hydrogens is 469 g/mol. The van der Waals surface area contributed by atoms with Crippen LogP contribution >= 0.6 is 35.6 Å². The Kier molecular flexibility index (Phi) is 9.24. The molecule has 9 nitrogen and oxygen atoms in total. The largest absolute Gasteiger partial charge is 0.481 e. The lowest BCUT2D eigenvalue weighted by Crippen LogP contribution is -2.36. The summed E-state index contributed by atoms with van der Waals surface area (Å²) >= 11 is 12.0. The first-order valence-electron chi connectivity index (χ1n) is 9.42. The van der Waals surface area contributed by atoms with Crippen molar-refractivity contribution in [3.8, 4) is 0 Å². The number of carboxylic acid groups (broad SMARTS) is 1. The molecule has 0 saturated carbocycles. The van der Waals surface area contributed by atoms with Gasteiger partial charge in [0.05, 0.1) is 18.5 Å². The van der Waals surface area contributed by atoms with Crippen LogP contribution in [0.5, 0.6) is 0 Å². The van der Waals surface area contributed by atoms with Crippen LogP contribution < -0.4 is 9.80 Å². The molecule has 12 heteroatoms. The second-order valence-electron chi connectivity index (χ2n) is 6.91. The lowest BCUT2D eigenvalue weighted by Gasteiger charge is -2.32. The van der Waals surface area contributed by atoms with E-state index in [4.69, 9.17) is 28.3 Å². The van der Waals surface area contributed by atoms with Crippen molar-refractivity contribution in [2.75, 3.05) is 36.0 Å². The maximum atomic E-state index is 13.0. The maximum absolute atomic E-state index is 13.0. The van der Waals surface area contributed by atoms with E-state index < -0.39 is 11.9 Å². The number of piperidine rings is 1. The molecule has 2 aromatic rings. The summed E-state index contributed by atoms with van der Waals surface area (Å²) in [6, 6.07) is 3.51. The van der Waals surface area contributed by atoms with Crippen molar-refractivity contribution in [3.63, 3.8) is 0 Å². The first-order valence-corrected chi connectivity index (χ1v) is 10.2. The molecule has 0 bridgehead atoms. The smallest absolute Gasteiger partial charge is 0.303 e. The molecule has 3 rings (SSSR count). The number of hydrogen-bond donors (Lipinski definition) is 2. The lowest BCUT2D eigenvalue weighted by atomic mass is 9.94. The van der Waals surface area contributed by atoms with Crippen LogP contribution in [0.3, 0.4) is 0 Å². The standard InChI is InChI=1S/C19H21Cl2N5O4.ClH/c20-17-16(18(21)24-11-23-17)19(30)26(7-8-27)13-1-2-14(22-10-13)25-5-3-12(4-6-25)9-15(28)29;/h1-2,10-12,27H,3-9H2,(H,28,29);1H. The summed E-state index contributed by atoms with van der Waals surface area (Å²) in [6.07, 6.45) is 4.46. The Bertz CT molecular complexity index is 888. The third-order valence-corrected chi connectivity index (χ3v) is 5.56. The number of rotatable bonds is 7. The third-order valence-electron chi connectivity index (χ3n) is 4.98. The van der Waals surface area contributed by atoms with Crippen molar-refractivity contribution < 1.29 is 19.8 Å². The van der Waals surface area contributed by atoms with Crippen molar-refractivity contribution in [2.24, 2.45) is 5.92 Å². The minimum absolute atomic E-state index is 0. The van der Waals surface area contributed by atoms with Crippen molar-refractivity contribution >= 4 is 59.0 Å². The molecule has 1 aliphatic rings. The molecule has 1 amide bonds. The first kappa shape index (κ1) is 25.1. The number of aliphatic carboxylic acids is 1. The van der Waals surface area contributed by atoms with Crippen molar-refractivity contribution in [3.05, 3.63) is 40.5 Å². The number of aliphatic hydroxyl groups is 1. The Labute approximate surface area is 195 Å². The number of amides is 1. The van der Waals surface area contributed by atoms with E-state index in [1.54, 1.807) is 12.1 Å². The number of halogens is 3. The molecule has 2 N–H and O–H groups in total. The summed E-state index contributed by atoms with van der Waals surface area (Å²) in [5.74, 6) is -0.390. The Hall–Kier alpha value is -2.20. The number of carbonyl (C=O) groups excluding carboxylic acids is 1. The summed E-state index contributed by atoms with van der Waals surface area (Å²) in [4.78, 5) is 39.3. The second-order valence-corrected chi connectivity index (χ2v) is 7.63. The highest BCUT2D eigenvalue weighted by Crippen LogP contribution is 2.27. The number of aliphatic hydroxyl groups excluding tert-OH is 1. The molecule has 3 heterocycles. The van der Waals surface area contributed by atoms with Crippen LogP contribution in [0.4, 0.5) is 11.5 Å². The average molecular weight is 491 g/mol. The highest BCUT2D eigenvalue weighted by molar-refractivity contribution is 6.39. The fraction of sp³-hybridized carbons (Fsp3) is 0.421. The number of anilines is 2.